The second kappa shape index (κ2) is 13.9. The SMILES string of the molecule is CN1N(Cc2ccc(OCC3CCCO3)c(F)c2F)C(=O)C(C(=O)Nc2ccc(C(F)(F)F)cc2-c2cc(C(F)(F)F)ncn2)=C(O)C12CCCC2. The van der Waals surface area contributed by atoms with E-state index in [1.54, 1.807) is 0 Å². The molecule has 1 aromatic heterocycles. The number of halogens is 8. The Balaban J connectivity index is 1.34. The Kier molecular flexibility index (Phi) is 9.91. The smallest absolute Gasteiger partial charge is 0.433 e. The van der Waals surface area contributed by atoms with Crippen molar-refractivity contribution in [2.24, 2.45) is 0 Å². The Morgan fingerprint density at radius 1 is 1.02 bits per heavy atom. The maximum Gasteiger partial charge on any atom is 0.433 e. The molecule has 10 nitrogen and oxygen atoms in total. The van der Waals surface area contributed by atoms with Crippen LogP contribution in [0.3, 0.4) is 0 Å². The van der Waals surface area contributed by atoms with E-state index in [1.165, 1.54) is 24.2 Å². The van der Waals surface area contributed by atoms with E-state index in [-0.39, 0.29) is 36.9 Å². The summed E-state index contributed by atoms with van der Waals surface area (Å²) in [6, 6.07) is 4.59. The van der Waals surface area contributed by atoms with Crippen LogP contribution < -0.4 is 10.1 Å². The van der Waals surface area contributed by atoms with Crippen LogP contribution in [0.5, 0.6) is 5.75 Å². The maximum absolute atomic E-state index is 15.4. The van der Waals surface area contributed by atoms with Crippen molar-refractivity contribution in [3.05, 3.63) is 82.5 Å². The summed E-state index contributed by atoms with van der Waals surface area (Å²) >= 11 is 0. The minimum absolute atomic E-state index is 0.00448. The first-order valence-corrected chi connectivity index (χ1v) is 16.1. The molecular formula is C34H31F8N5O5. The minimum Gasteiger partial charge on any atom is -0.509 e. The number of benzene rings is 2. The number of aromatic nitrogens is 2. The molecule has 2 amide bonds. The highest BCUT2D eigenvalue weighted by Crippen LogP contribution is 2.45. The van der Waals surface area contributed by atoms with Crippen LogP contribution in [0, 0.1) is 11.6 Å². The van der Waals surface area contributed by atoms with Crippen LogP contribution in [0.25, 0.3) is 11.3 Å². The summed E-state index contributed by atoms with van der Waals surface area (Å²) in [6.45, 7) is -0.0823. The number of likely N-dealkylation sites (N-methyl/N-ethyl adjacent to an activating group) is 1. The Hall–Kier alpha value is -4.84. The van der Waals surface area contributed by atoms with Crippen LogP contribution in [0.1, 0.15) is 55.3 Å². The Morgan fingerprint density at radius 2 is 1.75 bits per heavy atom. The maximum atomic E-state index is 15.4. The lowest BCUT2D eigenvalue weighted by atomic mass is 9.88. The molecule has 3 aromatic rings. The van der Waals surface area contributed by atoms with Gasteiger partial charge in [-0.1, -0.05) is 18.9 Å². The molecule has 3 aliphatic rings. The average Bonchev–Trinajstić information content (AvgIpc) is 3.81. The zero-order valence-corrected chi connectivity index (χ0v) is 27.4. The Bertz CT molecular complexity index is 1910. The monoisotopic (exact) mass is 741 g/mol. The summed E-state index contributed by atoms with van der Waals surface area (Å²) < 4.78 is 123. The van der Waals surface area contributed by atoms with Gasteiger partial charge < -0.3 is 19.9 Å². The van der Waals surface area contributed by atoms with Gasteiger partial charge in [0.15, 0.2) is 11.6 Å². The van der Waals surface area contributed by atoms with Crippen LogP contribution in [0.2, 0.25) is 0 Å². The molecule has 1 unspecified atom stereocenters. The van der Waals surface area contributed by atoms with Gasteiger partial charge in [-0.2, -0.15) is 30.7 Å². The Labute approximate surface area is 291 Å². The first-order chi connectivity index (χ1) is 24.5. The molecule has 1 spiro atoms. The molecule has 6 rings (SSSR count). The second-order valence-electron chi connectivity index (χ2n) is 12.6. The van der Waals surface area contributed by atoms with Crippen molar-refractivity contribution < 1.29 is 59.3 Å². The molecular weight excluding hydrogens is 710 g/mol. The van der Waals surface area contributed by atoms with Crippen molar-refractivity contribution in [2.75, 3.05) is 25.6 Å². The van der Waals surface area contributed by atoms with Crippen LogP contribution >= 0.6 is 0 Å². The number of ether oxygens (including phenoxy) is 2. The van der Waals surface area contributed by atoms with Crippen LogP contribution in [0.4, 0.5) is 40.8 Å². The van der Waals surface area contributed by atoms with E-state index in [2.05, 4.69) is 15.3 Å². The second-order valence-corrected chi connectivity index (χ2v) is 12.6. The highest BCUT2D eigenvalue weighted by molar-refractivity contribution is 6.24. The van der Waals surface area contributed by atoms with E-state index in [4.69, 9.17) is 9.47 Å². The topological polar surface area (TPSA) is 117 Å². The number of hydrogen-bond acceptors (Lipinski definition) is 8. The fourth-order valence-electron chi connectivity index (χ4n) is 6.70. The predicted molar refractivity (Wildman–Crippen MR) is 166 cm³/mol. The molecule has 1 saturated heterocycles. The van der Waals surface area contributed by atoms with Crippen LogP contribution in [-0.2, 0) is 33.2 Å². The summed E-state index contributed by atoms with van der Waals surface area (Å²) in [5.74, 6) is -6.16. The van der Waals surface area contributed by atoms with E-state index >= 15 is 8.78 Å². The van der Waals surface area contributed by atoms with Gasteiger partial charge in [0.1, 0.15) is 30.0 Å². The van der Waals surface area contributed by atoms with Crippen molar-refractivity contribution in [1.29, 1.82) is 0 Å². The zero-order valence-electron chi connectivity index (χ0n) is 27.4. The largest absolute Gasteiger partial charge is 0.509 e. The van der Waals surface area contributed by atoms with Gasteiger partial charge in [-0.25, -0.2) is 19.4 Å². The van der Waals surface area contributed by atoms with E-state index in [0.29, 0.717) is 50.4 Å². The fraction of sp³-hybridized carbons (Fsp3) is 0.412. The molecule has 0 radical (unpaired) electrons. The predicted octanol–water partition coefficient (Wildman–Crippen LogP) is 6.97. The summed E-state index contributed by atoms with van der Waals surface area (Å²) in [5.41, 5.74) is -6.95. The lowest BCUT2D eigenvalue weighted by Gasteiger charge is -2.48. The van der Waals surface area contributed by atoms with E-state index < -0.39 is 87.4 Å². The first kappa shape index (κ1) is 36.9. The normalized spacial score (nSPS) is 19.5. The number of alkyl halides is 6. The number of nitrogens with zero attached hydrogens (tertiary/aromatic N) is 4. The van der Waals surface area contributed by atoms with Crippen LogP contribution in [0.15, 0.2) is 54.1 Å². The molecule has 18 heteroatoms. The van der Waals surface area contributed by atoms with Gasteiger partial charge in [0, 0.05) is 24.8 Å². The van der Waals surface area contributed by atoms with E-state index in [0.717, 1.165) is 17.5 Å². The number of carbonyl (C=O) groups is 2. The number of hydrazine groups is 1. The summed E-state index contributed by atoms with van der Waals surface area (Å²) in [7, 11) is 1.43. The van der Waals surface area contributed by atoms with Gasteiger partial charge in [-0.05, 0) is 56.0 Å². The van der Waals surface area contributed by atoms with E-state index in [1.807, 2.05) is 0 Å². The first-order valence-electron chi connectivity index (χ1n) is 16.1. The molecule has 52 heavy (non-hydrogen) atoms. The van der Waals surface area contributed by atoms with Crippen LogP contribution in [-0.4, -0.2) is 68.8 Å². The summed E-state index contributed by atoms with van der Waals surface area (Å²) in [6.07, 6.45) is -6.65. The fourth-order valence-corrected chi connectivity index (χ4v) is 6.70. The van der Waals surface area contributed by atoms with Crippen molar-refractivity contribution >= 4 is 17.5 Å². The van der Waals surface area contributed by atoms with Gasteiger partial charge in [0.2, 0.25) is 5.82 Å². The molecule has 2 aliphatic heterocycles. The number of carbonyl (C=O) groups excluding carboxylic acids is 2. The number of hydrogen-bond donors (Lipinski definition) is 2. The number of rotatable bonds is 8. The van der Waals surface area contributed by atoms with Crippen molar-refractivity contribution in [1.82, 2.24) is 20.0 Å². The van der Waals surface area contributed by atoms with Gasteiger partial charge >= 0.3 is 12.4 Å². The number of nitrogens with one attached hydrogen (secondary N) is 1. The highest BCUT2D eigenvalue weighted by Gasteiger charge is 2.53. The number of aliphatic hydroxyl groups is 1. The van der Waals surface area contributed by atoms with Gasteiger partial charge in [0.25, 0.3) is 11.8 Å². The molecule has 3 heterocycles. The van der Waals surface area contributed by atoms with Crippen molar-refractivity contribution in [3.8, 4) is 17.0 Å². The summed E-state index contributed by atoms with van der Waals surface area (Å²) in [5, 5.41) is 16.1. The third-order valence-corrected chi connectivity index (χ3v) is 9.49. The third-order valence-electron chi connectivity index (χ3n) is 9.49. The third kappa shape index (κ3) is 7.00. The molecule has 1 atom stereocenters. The molecule has 2 fully saturated rings. The highest BCUT2D eigenvalue weighted by atomic mass is 19.4. The van der Waals surface area contributed by atoms with Gasteiger partial charge in [-0.3, -0.25) is 14.6 Å². The van der Waals surface area contributed by atoms with Crippen molar-refractivity contribution in [2.45, 2.75) is 69.1 Å². The molecule has 278 valence electrons. The van der Waals surface area contributed by atoms with Crippen molar-refractivity contribution in [3.63, 3.8) is 0 Å². The number of anilines is 1. The minimum atomic E-state index is -4.99. The quantitative estimate of drug-likeness (QED) is 0.188. The van der Waals surface area contributed by atoms with E-state index in [9.17, 15) is 41.0 Å². The van der Waals surface area contributed by atoms with Gasteiger partial charge in [-0.15, -0.1) is 0 Å². The summed E-state index contributed by atoms with van der Waals surface area (Å²) in [4.78, 5) is 34.7. The Morgan fingerprint density at radius 3 is 2.40 bits per heavy atom. The molecule has 1 aliphatic carbocycles. The molecule has 0 bridgehead atoms. The molecule has 2 N–H and O–H groups in total. The standard InChI is InChI=1S/C34H31F8N5O5/c1-46-32(10-2-3-11-32)29(48)26(31(50)47(46)15-18-6-9-24(28(36)27(18)35)52-16-20-5-4-12-51-20)30(49)45-22-8-7-19(33(37,38)39)13-21(22)23-14-25(34(40,41)42)44-17-43-23/h6-9,13-14,17,20,48H,2-5,10-12,15-16H2,1H3,(H,45,49). The lowest BCUT2D eigenvalue weighted by molar-refractivity contribution is -0.163. The number of amides is 2. The molecule has 2 aromatic carbocycles. The zero-order chi connectivity index (χ0) is 37.6. The molecule has 1 saturated carbocycles. The number of aliphatic hydroxyl groups excluding tert-OH is 1. The van der Waals surface area contributed by atoms with Gasteiger partial charge in [0.05, 0.1) is 35.1 Å². The average molecular weight is 742 g/mol. The lowest BCUT2D eigenvalue weighted by Crippen LogP contribution is -2.62.